The third-order valence-corrected chi connectivity index (χ3v) is 5.97. The molecule has 4 aliphatic rings. The minimum Gasteiger partial charge on any atom is -0.465 e. The lowest BCUT2D eigenvalue weighted by atomic mass is 9.82. The number of carboxylic acid groups (broad SMARTS) is 1. The monoisotopic (exact) mass is 380 g/mol. The number of piperazine rings is 1. The molecule has 1 amide bonds. The molecule has 0 aromatic heterocycles. The standard InChI is InChI=1S/C16H21N3O4.CH3NO2/c1-4-18-9-5-19-12-10(14(22)11(17)7(2)13(12)21)8(6-20)16(19,23-3)15(9)18;2-1(3)4/h8-9,15,20H,4-6,17H2,1-3H3;2H2,(H,3,4). The van der Waals surface area contributed by atoms with E-state index in [0.717, 1.165) is 6.54 Å². The van der Waals surface area contributed by atoms with Gasteiger partial charge in [0.15, 0.2) is 5.72 Å². The Kier molecular flexibility index (Phi) is 4.53. The Morgan fingerprint density at radius 2 is 1.96 bits per heavy atom. The van der Waals surface area contributed by atoms with Crippen LogP contribution >= 0.6 is 0 Å². The number of fused-ring (bicyclic) bond motifs is 4. The second kappa shape index (κ2) is 6.32. The first-order chi connectivity index (χ1) is 12.7. The zero-order valence-corrected chi connectivity index (χ0v) is 15.4. The average Bonchev–Trinajstić information content (AvgIpc) is 3.10. The number of hydrogen-bond acceptors (Lipinski definition) is 8. The lowest BCUT2D eigenvalue weighted by molar-refractivity contribution is -0.145. The van der Waals surface area contributed by atoms with Crippen LogP contribution in [0.25, 0.3) is 0 Å². The molecule has 0 bridgehead atoms. The summed E-state index contributed by atoms with van der Waals surface area (Å²) in [6, 6.07) is 0.386. The number of nitrogens with zero attached hydrogens (tertiary/aromatic N) is 2. The Hall–Kier alpha value is -2.43. The van der Waals surface area contributed by atoms with E-state index < -0.39 is 17.7 Å². The third kappa shape index (κ3) is 2.33. The highest BCUT2D eigenvalue weighted by Gasteiger charge is 2.75. The molecule has 1 aliphatic carbocycles. The second-order valence-corrected chi connectivity index (χ2v) is 6.94. The van der Waals surface area contributed by atoms with Gasteiger partial charge < -0.3 is 31.3 Å². The van der Waals surface area contributed by atoms with Gasteiger partial charge >= 0.3 is 6.09 Å². The van der Waals surface area contributed by atoms with Crippen molar-refractivity contribution in [3.05, 3.63) is 22.5 Å². The highest BCUT2D eigenvalue weighted by Crippen LogP contribution is 2.59. The number of Topliss-reactive ketones (excluding diaryl/α,β-unsaturated/α-hetero) is 2. The topological polar surface area (TPSA) is 159 Å². The summed E-state index contributed by atoms with van der Waals surface area (Å²) in [4.78, 5) is 38.4. The Balaban J connectivity index is 0.000000481. The van der Waals surface area contributed by atoms with Gasteiger partial charge in [0.05, 0.1) is 30.0 Å². The van der Waals surface area contributed by atoms with Gasteiger partial charge in [0.1, 0.15) is 0 Å². The number of allylic oxidation sites excluding steroid dienone is 2. The van der Waals surface area contributed by atoms with Crippen molar-refractivity contribution in [2.24, 2.45) is 17.4 Å². The van der Waals surface area contributed by atoms with Crippen LogP contribution in [0.15, 0.2) is 22.5 Å². The number of methoxy groups -OCH3 is 1. The van der Waals surface area contributed by atoms with E-state index in [-0.39, 0.29) is 35.5 Å². The fraction of sp³-hybridized carbons (Fsp3) is 0.588. The summed E-state index contributed by atoms with van der Waals surface area (Å²) >= 11 is 0. The summed E-state index contributed by atoms with van der Waals surface area (Å²) < 4.78 is 5.89. The number of aliphatic hydroxyl groups is 1. The van der Waals surface area contributed by atoms with Gasteiger partial charge in [-0.25, -0.2) is 4.79 Å². The minimum atomic E-state index is -1.33. The van der Waals surface area contributed by atoms with Crippen molar-refractivity contribution in [1.29, 1.82) is 0 Å². The molecule has 2 saturated heterocycles. The van der Waals surface area contributed by atoms with Gasteiger partial charge in [-0.15, -0.1) is 0 Å². The zero-order chi connectivity index (χ0) is 20.3. The first kappa shape index (κ1) is 19.3. The number of ether oxygens (including phenoxy) is 1. The van der Waals surface area contributed by atoms with Gasteiger partial charge in [-0.05, 0) is 13.5 Å². The molecule has 0 radical (unpaired) electrons. The molecule has 3 aliphatic heterocycles. The van der Waals surface area contributed by atoms with Crippen LogP contribution in [0.3, 0.4) is 0 Å². The van der Waals surface area contributed by atoms with Crippen LogP contribution in [0.5, 0.6) is 0 Å². The molecule has 0 spiro atoms. The Labute approximate surface area is 156 Å². The quantitative estimate of drug-likeness (QED) is 0.341. The number of hydrogen-bond donors (Lipinski definition) is 4. The molecule has 5 unspecified atom stereocenters. The lowest BCUT2D eigenvalue weighted by Gasteiger charge is -2.40. The molecule has 5 atom stereocenters. The van der Waals surface area contributed by atoms with Gasteiger partial charge in [-0.1, -0.05) is 6.92 Å². The first-order valence-electron chi connectivity index (χ1n) is 8.66. The van der Waals surface area contributed by atoms with Crippen LogP contribution in [-0.4, -0.2) is 82.3 Å². The van der Waals surface area contributed by atoms with E-state index in [4.69, 9.17) is 20.4 Å². The number of amides is 1. The maximum atomic E-state index is 12.8. The van der Waals surface area contributed by atoms with Gasteiger partial charge in [0.2, 0.25) is 11.6 Å². The van der Waals surface area contributed by atoms with Gasteiger partial charge in [-0.3, -0.25) is 14.5 Å². The summed E-state index contributed by atoms with van der Waals surface area (Å²) in [5.74, 6) is -1.13. The van der Waals surface area contributed by atoms with E-state index in [0.29, 0.717) is 23.9 Å². The van der Waals surface area contributed by atoms with Crippen molar-refractivity contribution in [2.75, 3.05) is 26.8 Å². The normalized spacial score (nSPS) is 36.2. The van der Waals surface area contributed by atoms with Crippen LogP contribution in [0.1, 0.15) is 13.8 Å². The van der Waals surface area contributed by atoms with E-state index in [1.54, 1.807) is 14.0 Å². The van der Waals surface area contributed by atoms with Crippen molar-refractivity contribution in [2.45, 2.75) is 31.7 Å². The number of carbonyl (C=O) groups excluding carboxylic acids is 2. The zero-order valence-electron chi connectivity index (χ0n) is 15.4. The van der Waals surface area contributed by atoms with E-state index in [1.807, 2.05) is 4.90 Å². The predicted molar refractivity (Wildman–Crippen MR) is 93.1 cm³/mol. The fourth-order valence-corrected chi connectivity index (χ4v) is 4.87. The molecular weight excluding hydrogens is 356 g/mol. The third-order valence-electron chi connectivity index (χ3n) is 5.97. The molecule has 6 N–H and O–H groups in total. The maximum Gasteiger partial charge on any atom is 0.402 e. The van der Waals surface area contributed by atoms with E-state index in [2.05, 4.69) is 17.6 Å². The minimum absolute atomic E-state index is 0.0145. The Morgan fingerprint density at radius 3 is 2.44 bits per heavy atom. The summed E-state index contributed by atoms with van der Waals surface area (Å²) in [5, 5.41) is 17.2. The smallest absolute Gasteiger partial charge is 0.402 e. The summed E-state index contributed by atoms with van der Waals surface area (Å²) in [5.41, 5.74) is 9.99. The lowest BCUT2D eigenvalue weighted by Crippen LogP contribution is -2.55. The van der Waals surface area contributed by atoms with Crippen LogP contribution in [-0.2, 0) is 14.3 Å². The summed E-state index contributed by atoms with van der Waals surface area (Å²) in [6.07, 6.45) is -1.33. The van der Waals surface area contributed by atoms with Gasteiger partial charge in [0.25, 0.3) is 0 Å². The molecule has 0 aromatic rings. The Morgan fingerprint density at radius 1 is 1.37 bits per heavy atom. The van der Waals surface area contributed by atoms with E-state index >= 15 is 0 Å². The molecule has 10 nitrogen and oxygen atoms in total. The first-order valence-corrected chi connectivity index (χ1v) is 8.66. The average molecular weight is 380 g/mol. The second-order valence-electron chi connectivity index (χ2n) is 6.94. The van der Waals surface area contributed by atoms with Gasteiger partial charge in [-0.2, -0.15) is 0 Å². The van der Waals surface area contributed by atoms with Crippen molar-refractivity contribution in [1.82, 2.24) is 9.80 Å². The van der Waals surface area contributed by atoms with Crippen molar-refractivity contribution < 1.29 is 29.3 Å². The predicted octanol–water partition coefficient (Wildman–Crippen LogP) is -1.40. The van der Waals surface area contributed by atoms with E-state index in [9.17, 15) is 14.7 Å². The number of nitrogens with two attached hydrogens (primary N) is 2. The van der Waals surface area contributed by atoms with Crippen LogP contribution in [0.4, 0.5) is 4.79 Å². The SMILES string of the molecule is CCN1C2CN3C4=C(C(=O)C(N)=C(C)C4=O)C(CO)C3(OC)C21.NC(=O)O. The highest BCUT2D eigenvalue weighted by molar-refractivity contribution is 6.25. The molecule has 0 aromatic carbocycles. The molecule has 4 rings (SSSR count). The van der Waals surface area contributed by atoms with Crippen molar-refractivity contribution in [3.8, 4) is 0 Å². The van der Waals surface area contributed by atoms with Crippen molar-refractivity contribution >= 4 is 17.7 Å². The fourth-order valence-electron chi connectivity index (χ4n) is 4.87. The van der Waals surface area contributed by atoms with Crippen molar-refractivity contribution in [3.63, 3.8) is 0 Å². The summed E-state index contributed by atoms with van der Waals surface area (Å²) in [6.45, 7) is 4.90. The Bertz CT molecular complexity index is 760. The molecule has 2 fully saturated rings. The number of aliphatic hydroxyl groups excluding tert-OH is 1. The van der Waals surface area contributed by atoms with Crippen LogP contribution in [0, 0.1) is 5.92 Å². The van der Waals surface area contributed by atoms with Crippen LogP contribution in [0.2, 0.25) is 0 Å². The number of rotatable bonds is 3. The number of primary amides is 1. The molecule has 27 heavy (non-hydrogen) atoms. The largest absolute Gasteiger partial charge is 0.465 e. The molecule has 3 heterocycles. The molecular formula is C17H24N4O6. The summed E-state index contributed by atoms with van der Waals surface area (Å²) in [7, 11) is 1.58. The number of carbonyl (C=O) groups is 3. The molecule has 10 heteroatoms. The number of likely N-dealkylation sites (N-methyl/N-ethyl adjacent to an activating group) is 1. The number of ketones is 2. The molecule has 0 saturated carbocycles. The van der Waals surface area contributed by atoms with Crippen LogP contribution < -0.4 is 11.5 Å². The van der Waals surface area contributed by atoms with E-state index in [1.165, 1.54) is 0 Å². The maximum absolute atomic E-state index is 12.8. The molecule has 148 valence electrons. The van der Waals surface area contributed by atoms with Gasteiger partial charge in [0, 0.05) is 30.8 Å². The highest BCUT2D eigenvalue weighted by atomic mass is 16.5.